The number of thiazole rings is 1. The highest BCUT2D eigenvalue weighted by Gasteiger charge is 2.10. The van der Waals surface area contributed by atoms with Crippen molar-refractivity contribution in [1.29, 1.82) is 0 Å². The molecule has 2 nitrogen and oxygen atoms in total. The zero-order valence-electron chi connectivity index (χ0n) is 9.29. The zero-order valence-corrected chi connectivity index (χ0v) is 10.1. The van der Waals surface area contributed by atoms with Crippen molar-refractivity contribution >= 4 is 11.3 Å². The third kappa shape index (κ3) is 4.20. The molecule has 0 bridgehead atoms. The van der Waals surface area contributed by atoms with Gasteiger partial charge in [-0.05, 0) is 25.3 Å². The number of nitrogens with one attached hydrogen (secondary N) is 1. The van der Waals surface area contributed by atoms with Crippen LogP contribution in [0.4, 0.5) is 0 Å². The maximum atomic E-state index is 4.11. The fourth-order valence-electron chi connectivity index (χ4n) is 1.68. The van der Waals surface area contributed by atoms with Gasteiger partial charge in [0, 0.05) is 17.1 Å². The predicted octanol–water partition coefficient (Wildman–Crippen LogP) is 2.71. The number of hydrogen-bond acceptors (Lipinski definition) is 3. The smallest absolute Gasteiger partial charge is 0.0794 e. The van der Waals surface area contributed by atoms with Gasteiger partial charge in [0.1, 0.15) is 0 Å². The molecule has 0 aliphatic rings. The lowest BCUT2D eigenvalue weighted by molar-refractivity contribution is 0.425. The van der Waals surface area contributed by atoms with E-state index < -0.39 is 0 Å². The molecule has 0 saturated carbocycles. The molecule has 0 amide bonds. The van der Waals surface area contributed by atoms with E-state index in [4.69, 9.17) is 0 Å². The minimum absolute atomic E-state index is 0.612. The monoisotopic (exact) mass is 212 g/mol. The third-order valence-electron chi connectivity index (χ3n) is 2.18. The summed E-state index contributed by atoms with van der Waals surface area (Å²) >= 11 is 1.75. The molecule has 0 aliphatic heterocycles. The van der Waals surface area contributed by atoms with E-state index in [0.29, 0.717) is 6.04 Å². The lowest BCUT2D eigenvalue weighted by Crippen LogP contribution is -2.32. The molecule has 1 unspecified atom stereocenters. The fourth-order valence-corrected chi connectivity index (χ4v) is 2.36. The molecule has 0 radical (unpaired) electrons. The van der Waals surface area contributed by atoms with E-state index in [0.717, 1.165) is 18.9 Å². The SMILES string of the molecule is CCNC(Cc1cncs1)CC(C)C. The standard InChI is InChI=1S/C11H20N2S/c1-4-13-10(5-9(2)3)6-11-7-12-8-14-11/h7-10,13H,4-6H2,1-3H3. The average molecular weight is 212 g/mol. The van der Waals surface area contributed by atoms with E-state index in [1.165, 1.54) is 11.3 Å². The van der Waals surface area contributed by atoms with E-state index >= 15 is 0 Å². The van der Waals surface area contributed by atoms with Crippen LogP contribution >= 0.6 is 11.3 Å². The lowest BCUT2D eigenvalue weighted by Gasteiger charge is -2.18. The van der Waals surface area contributed by atoms with E-state index in [1.807, 2.05) is 11.7 Å². The van der Waals surface area contributed by atoms with Crippen molar-refractivity contribution in [2.45, 2.75) is 39.7 Å². The van der Waals surface area contributed by atoms with Crippen LogP contribution in [0.1, 0.15) is 32.1 Å². The lowest BCUT2D eigenvalue weighted by atomic mass is 10.0. The summed E-state index contributed by atoms with van der Waals surface area (Å²) in [6, 6.07) is 0.612. The second kappa shape index (κ2) is 6.14. The summed E-state index contributed by atoms with van der Waals surface area (Å²) in [6.07, 6.45) is 4.34. The van der Waals surface area contributed by atoms with Gasteiger partial charge in [-0.25, -0.2) is 0 Å². The van der Waals surface area contributed by atoms with Crippen LogP contribution in [0.5, 0.6) is 0 Å². The summed E-state index contributed by atoms with van der Waals surface area (Å²) in [6.45, 7) is 7.77. The van der Waals surface area contributed by atoms with Crippen molar-refractivity contribution in [3.63, 3.8) is 0 Å². The van der Waals surface area contributed by atoms with Gasteiger partial charge in [-0.1, -0.05) is 20.8 Å². The van der Waals surface area contributed by atoms with E-state index in [2.05, 4.69) is 31.1 Å². The van der Waals surface area contributed by atoms with Crippen LogP contribution in [0.2, 0.25) is 0 Å². The summed E-state index contributed by atoms with van der Waals surface area (Å²) in [4.78, 5) is 5.49. The number of rotatable bonds is 6. The summed E-state index contributed by atoms with van der Waals surface area (Å²) in [5.41, 5.74) is 1.91. The minimum atomic E-state index is 0.612. The molecule has 80 valence electrons. The first kappa shape index (κ1) is 11.7. The quantitative estimate of drug-likeness (QED) is 0.784. The fraction of sp³-hybridized carbons (Fsp3) is 0.727. The van der Waals surface area contributed by atoms with Gasteiger partial charge in [-0.15, -0.1) is 11.3 Å². The molecule has 3 heteroatoms. The molecular weight excluding hydrogens is 192 g/mol. The summed E-state index contributed by atoms with van der Waals surface area (Å²) in [5, 5.41) is 3.53. The minimum Gasteiger partial charge on any atom is -0.314 e. The van der Waals surface area contributed by atoms with Crippen LogP contribution in [-0.4, -0.2) is 17.6 Å². The van der Waals surface area contributed by atoms with Crippen LogP contribution in [0.3, 0.4) is 0 Å². The van der Waals surface area contributed by atoms with Gasteiger partial charge < -0.3 is 5.32 Å². The Kier molecular flexibility index (Phi) is 5.12. The van der Waals surface area contributed by atoms with E-state index in [1.54, 1.807) is 11.3 Å². The molecule has 1 atom stereocenters. The normalized spacial score (nSPS) is 13.4. The summed E-state index contributed by atoms with van der Waals surface area (Å²) in [5.74, 6) is 0.756. The Bertz CT molecular complexity index is 231. The van der Waals surface area contributed by atoms with Crippen molar-refractivity contribution in [2.75, 3.05) is 6.54 Å². The molecule has 0 aromatic carbocycles. The molecule has 1 aromatic rings. The molecule has 1 heterocycles. The van der Waals surface area contributed by atoms with Crippen LogP contribution < -0.4 is 5.32 Å². The molecular formula is C11H20N2S. The molecule has 0 saturated heterocycles. The largest absolute Gasteiger partial charge is 0.314 e. The van der Waals surface area contributed by atoms with Crippen LogP contribution in [-0.2, 0) is 6.42 Å². The first-order chi connectivity index (χ1) is 6.72. The molecule has 0 aliphatic carbocycles. The van der Waals surface area contributed by atoms with E-state index in [9.17, 15) is 0 Å². The van der Waals surface area contributed by atoms with Crippen molar-refractivity contribution in [3.8, 4) is 0 Å². The van der Waals surface area contributed by atoms with Gasteiger partial charge in [0.15, 0.2) is 0 Å². The van der Waals surface area contributed by atoms with Gasteiger partial charge in [-0.3, -0.25) is 4.98 Å². The Labute approximate surface area is 90.8 Å². The maximum absolute atomic E-state index is 4.11. The molecule has 1 aromatic heterocycles. The Morgan fingerprint density at radius 2 is 2.29 bits per heavy atom. The summed E-state index contributed by atoms with van der Waals surface area (Å²) < 4.78 is 0. The van der Waals surface area contributed by atoms with Gasteiger partial charge in [0.05, 0.1) is 5.51 Å². The van der Waals surface area contributed by atoms with Crippen molar-refractivity contribution < 1.29 is 0 Å². The molecule has 0 spiro atoms. The van der Waals surface area contributed by atoms with Gasteiger partial charge in [0.2, 0.25) is 0 Å². The summed E-state index contributed by atoms with van der Waals surface area (Å²) in [7, 11) is 0. The highest BCUT2D eigenvalue weighted by Crippen LogP contribution is 2.13. The average Bonchev–Trinajstić information content (AvgIpc) is 2.56. The van der Waals surface area contributed by atoms with Gasteiger partial charge in [-0.2, -0.15) is 0 Å². The zero-order chi connectivity index (χ0) is 10.4. The predicted molar refractivity (Wildman–Crippen MR) is 62.7 cm³/mol. The molecule has 1 rings (SSSR count). The molecule has 1 N–H and O–H groups in total. The first-order valence-corrected chi connectivity index (χ1v) is 6.21. The number of likely N-dealkylation sites (N-methyl/N-ethyl adjacent to an activating group) is 1. The Hall–Kier alpha value is -0.410. The highest BCUT2D eigenvalue weighted by atomic mass is 32.1. The Morgan fingerprint density at radius 1 is 1.50 bits per heavy atom. The van der Waals surface area contributed by atoms with Crippen molar-refractivity contribution in [3.05, 3.63) is 16.6 Å². The second-order valence-electron chi connectivity index (χ2n) is 4.06. The number of nitrogens with zero attached hydrogens (tertiary/aromatic N) is 1. The van der Waals surface area contributed by atoms with Gasteiger partial charge in [0.25, 0.3) is 0 Å². The number of hydrogen-bond donors (Lipinski definition) is 1. The highest BCUT2D eigenvalue weighted by molar-refractivity contribution is 7.09. The van der Waals surface area contributed by atoms with Gasteiger partial charge >= 0.3 is 0 Å². The Morgan fingerprint density at radius 3 is 2.79 bits per heavy atom. The Balaban J connectivity index is 2.42. The number of aromatic nitrogens is 1. The maximum Gasteiger partial charge on any atom is 0.0794 e. The second-order valence-corrected chi connectivity index (χ2v) is 5.03. The first-order valence-electron chi connectivity index (χ1n) is 5.33. The van der Waals surface area contributed by atoms with Crippen LogP contribution in [0, 0.1) is 5.92 Å². The van der Waals surface area contributed by atoms with Crippen LogP contribution in [0.25, 0.3) is 0 Å². The van der Waals surface area contributed by atoms with Crippen molar-refractivity contribution in [1.82, 2.24) is 10.3 Å². The molecule has 0 fully saturated rings. The van der Waals surface area contributed by atoms with Crippen LogP contribution in [0.15, 0.2) is 11.7 Å². The van der Waals surface area contributed by atoms with Crippen molar-refractivity contribution in [2.24, 2.45) is 5.92 Å². The topological polar surface area (TPSA) is 24.9 Å². The molecule has 14 heavy (non-hydrogen) atoms. The van der Waals surface area contributed by atoms with E-state index in [-0.39, 0.29) is 0 Å². The third-order valence-corrected chi connectivity index (χ3v) is 2.98.